The predicted molar refractivity (Wildman–Crippen MR) is 139 cm³/mol. The van der Waals surface area contributed by atoms with E-state index in [9.17, 15) is 9.59 Å². The molecule has 0 fully saturated rings. The Labute approximate surface area is 208 Å². The molecule has 8 nitrogen and oxygen atoms in total. The molecule has 0 aliphatic heterocycles. The number of pyridine rings is 1. The van der Waals surface area contributed by atoms with Crippen LogP contribution in [0.15, 0.2) is 88.7 Å². The summed E-state index contributed by atoms with van der Waals surface area (Å²) in [5.74, 6) is 1.08. The largest absolute Gasteiger partial charge is 0.438 e. The lowest BCUT2D eigenvalue weighted by Crippen LogP contribution is -2.38. The third kappa shape index (κ3) is 4.45. The second-order valence-corrected chi connectivity index (χ2v) is 9.16. The van der Waals surface area contributed by atoms with E-state index in [0.29, 0.717) is 30.4 Å². The Morgan fingerprint density at radius 2 is 1.56 bits per heavy atom. The fourth-order valence-corrected chi connectivity index (χ4v) is 4.20. The Hall–Kier alpha value is -4.46. The van der Waals surface area contributed by atoms with E-state index in [2.05, 4.69) is 4.98 Å². The molecule has 0 radical (unpaired) electrons. The van der Waals surface area contributed by atoms with E-state index >= 15 is 0 Å². The summed E-state index contributed by atoms with van der Waals surface area (Å²) in [4.78, 5) is 30.3. The van der Waals surface area contributed by atoms with Gasteiger partial charge in [-0.25, -0.2) is 9.48 Å². The van der Waals surface area contributed by atoms with Crippen molar-refractivity contribution < 1.29 is 4.74 Å². The number of benzene rings is 2. The average Bonchev–Trinajstić information content (AvgIpc) is 3.24. The second-order valence-electron chi connectivity index (χ2n) is 9.16. The van der Waals surface area contributed by atoms with Crippen molar-refractivity contribution in [2.45, 2.75) is 26.9 Å². The number of aromatic nitrogens is 5. The SMILES string of the molecule is CC(C)Cn1c(=O)n(C)c(=O)c2c(Oc3ccccc3)n(Cc3ccc(-c4ccncc4)cc3)nc21. The van der Waals surface area contributed by atoms with E-state index in [4.69, 9.17) is 9.84 Å². The van der Waals surface area contributed by atoms with Gasteiger partial charge in [-0.2, -0.15) is 5.10 Å². The Bertz CT molecular complexity index is 1620. The summed E-state index contributed by atoms with van der Waals surface area (Å²) in [6, 6.07) is 21.3. The van der Waals surface area contributed by atoms with Crippen LogP contribution < -0.4 is 16.0 Å². The van der Waals surface area contributed by atoms with E-state index in [0.717, 1.165) is 21.3 Å². The molecule has 0 saturated heterocycles. The molecule has 3 aromatic heterocycles. The van der Waals surface area contributed by atoms with Crippen LogP contribution in [0, 0.1) is 5.92 Å². The summed E-state index contributed by atoms with van der Waals surface area (Å²) < 4.78 is 10.6. The number of hydrogen-bond donors (Lipinski definition) is 0. The first-order valence-electron chi connectivity index (χ1n) is 11.8. The van der Waals surface area contributed by atoms with Crippen LogP contribution in [-0.4, -0.2) is 23.9 Å². The molecule has 36 heavy (non-hydrogen) atoms. The van der Waals surface area contributed by atoms with Crippen molar-refractivity contribution in [3.8, 4) is 22.8 Å². The molecule has 182 valence electrons. The molecule has 0 amide bonds. The van der Waals surface area contributed by atoms with Crippen molar-refractivity contribution in [2.24, 2.45) is 13.0 Å². The minimum Gasteiger partial charge on any atom is -0.438 e. The standard InChI is InChI=1S/C28H27N5O3/c1-19(2)17-32-25-24(26(34)31(3)28(32)35)27(36-23-7-5-4-6-8-23)33(30-25)18-20-9-11-21(12-10-20)22-13-15-29-16-14-22/h4-16,19H,17-18H2,1-3H3. The van der Waals surface area contributed by atoms with Crippen molar-refractivity contribution in [3.05, 3.63) is 106 Å². The lowest BCUT2D eigenvalue weighted by Gasteiger charge is -2.11. The smallest absolute Gasteiger partial charge is 0.332 e. The number of nitrogens with zero attached hydrogens (tertiary/aromatic N) is 5. The minimum absolute atomic E-state index is 0.188. The Balaban J connectivity index is 1.64. The summed E-state index contributed by atoms with van der Waals surface area (Å²) in [5.41, 5.74) is 2.64. The minimum atomic E-state index is -0.430. The highest BCUT2D eigenvalue weighted by atomic mass is 16.5. The van der Waals surface area contributed by atoms with Crippen molar-refractivity contribution in [2.75, 3.05) is 0 Å². The Morgan fingerprint density at radius 3 is 2.22 bits per heavy atom. The number of hydrogen-bond acceptors (Lipinski definition) is 5. The second kappa shape index (κ2) is 9.65. The van der Waals surface area contributed by atoms with Crippen LogP contribution in [0.1, 0.15) is 19.4 Å². The maximum absolute atomic E-state index is 13.3. The molecule has 5 aromatic rings. The normalized spacial score (nSPS) is 11.3. The van der Waals surface area contributed by atoms with Crippen LogP contribution in [0.2, 0.25) is 0 Å². The first-order valence-corrected chi connectivity index (χ1v) is 11.8. The molecule has 0 saturated carbocycles. The fourth-order valence-electron chi connectivity index (χ4n) is 4.20. The summed E-state index contributed by atoms with van der Waals surface area (Å²) in [5, 5.41) is 5.02. The van der Waals surface area contributed by atoms with Crippen LogP contribution in [0.5, 0.6) is 11.6 Å². The number of ether oxygens (including phenoxy) is 1. The van der Waals surface area contributed by atoms with Crippen molar-refractivity contribution in [1.82, 2.24) is 23.9 Å². The van der Waals surface area contributed by atoms with Gasteiger partial charge in [-0.1, -0.05) is 56.3 Å². The quantitative estimate of drug-likeness (QED) is 0.343. The highest BCUT2D eigenvalue weighted by molar-refractivity contribution is 5.81. The van der Waals surface area contributed by atoms with Gasteiger partial charge in [-0.3, -0.25) is 18.9 Å². The van der Waals surface area contributed by atoms with Crippen LogP contribution >= 0.6 is 0 Å². The molecule has 2 aromatic carbocycles. The zero-order valence-corrected chi connectivity index (χ0v) is 20.5. The van der Waals surface area contributed by atoms with Gasteiger partial charge in [0, 0.05) is 26.0 Å². The topological polar surface area (TPSA) is 83.9 Å². The molecule has 0 bridgehead atoms. The van der Waals surface area contributed by atoms with Gasteiger partial charge in [0.15, 0.2) is 5.65 Å². The Kier molecular flexibility index (Phi) is 6.25. The number of fused-ring (bicyclic) bond motifs is 1. The van der Waals surface area contributed by atoms with Gasteiger partial charge >= 0.3 is 5.69 Å². The lowest BCUT2D eigenvalue weighted by molar-refractivity contribution is 0.425. The van der Waals surface area contributed by atoms with Crippen LogP contribution in [0.3, 0.4) is 0 Å². The summed E-state index contributed by atoms with van der Waals surface area (Å²) in [6.45, 7) is 4.84. The molecule has 3 heterocycles. The first-order chi connectivity index (χ1) is 17.4. The van der Waals surface area contributed by atoms with E-state index < -0.39 is 5.56 Å². The van der Waals surface area contributed by atoms with Gasteiger partial charge in [-0.15, -0.1) is 0 Å². The van der Waals surface area contributed by atoms with Gasteiger partial charge in [-0.05, 0) is 46.9 Å². The molecule has 0 atom stereocenters. The molecule has 0 aliphatic rings. The van der Waals surface area contributed by atoms with Gasteiger partial charge in [0.2, 0.25) is 5.88 Å². The average molecular weight is 482 g/mol. The van der Waals surface area contributed by atoms with Gasteiger partial charge in [0.1, 0.15) is 11.1 Å². The number of rotatable bonds is 7. The van der Waals surface area contributed by atoms with Crippen molar-refractivity contribution in [1.29, 1.82) is 0 Å². The lowest BCUT2D eigenvalue weighted by atomic mass is 10.1. The molecule has 0 spiro atoms. The van der Waals surface area contributed by atoms with Crippen LogP contribution in [0.25, 0.3) is 22.2 Å². The molecule has 0 aliphatic carbocycles. The molecule has 8 heteroatoms. The number of para-hydroxylation sites is 1. The summed E-state index contributed by atoms with van der Waals surface area (Å²) in [7, 11) is 1.49. The monoisotopic (exact) mass is 481 g/mol. The third-order valence-electron chi connectivity index (χ3n) is 5.98. The van der Waals surface area contributed by atoms with Crippen molar-refractivity contribution in [3.63, 3.8) is 0 Å². The predicted octanol–water partition coefficient (Wildman–Crippen LogP) is 4.46. The molecular formula is C28H27N5O3. The maximum Gasteiger partial charge on any atom is 0.332 e. The fraction of sp³-hybridized carbons (Fsp3) is 0.214. The van der Waals surface area contributed by atoms with E-state index in [1.54, 1.807) is 21.6 Å². The van der Waals surface area contributed by atoms with Crippen LogP contribution in [0.4, 0.5) is 0 Å². The highest BCUT2D eigenvalue weighted by Crippen LogP contribution is 2.29. The first kappa shape index (κ1) is 23.3. The third-order valence-corrected chi connectivity index (χ3v) is 5.98. The zero-order valence-electron chi connectivity index (χ0n) is 20.5. The maximum atomic E-state index is 13.3. The molecule has 0 N–H and O–H groups in total. The van der Waals surface area contributed by atoms with Gasteiger partial charge < -0.3 is 4.74 Å². The molecule has 5 rings (SSSR count). The summed E-state index contributed by atoms with van der Waals surface area (Å²) in [6.07, 6.45) is 3.53. The van der Waals surface area contributed by atoms with E-state index in [1.807, 2.05) is 80.6 Å². The molecule has 0 unspecified atom stereocenters. The summed E-state index contributed by atoms with van der Waals surface area (Å²) >= 11 is 0. The van der Waals surface area contributed by atoms with Crippen molar-refractivity contribution >= 4 is 11.0 Å². The van der Waals surface area contributed by atoms with E-state index in [1.165, 1.54) is 7.05 Å². The van der Waals surface area contributed by atoms with Gasteiger partial charge in [0.05, 0.1) is 6.54 Å². The van der Waals surface area contributed by atoms with E-state index in [-0.39, 0.29) is 17.0 Å². The molecular weight excluding hydrogens is 454 g/mol. The van der Waals surface area contributed by atoms with Crippen LogP contribution in [-0.2, 0) is 20.1 Å². The highest BCUT2D eigenvalue weighted by Gasteiger charge is 2.23. The zero-order chi connectivity index (χ0) is 25.2. The van der Waals surface area contributed by atoms with Gasteiger partial charge in [0.25, 0.3) is 5.56 Å². The Morgan fingerprint density at radius 1 is 0.889 bits per heavy atom.